The summed E-state index contributed by atoms with van der Waals surface area (Å²) < 4.78 is 36.4. The molecule has 4 aromatic rings. The van der Waals surface area contributed by atoms with Crippen molar-refractivity contribution in [1.82, 2.24) is 14.9 Å². The van der Waals surface area contributed by atoms with Crippen LogP contribution >= 0.6 is 0 Å². The minimum atomic E-state index is -3.83. The zero-order valence-corrected chi connectivity index (χ0v) is 23.9. The first-order valence-electron chi connectivity index (χ1n) is 13.4. The van der Waals surface area contributed by atoms with Crippen molar-refractivity contribution in [3.05, 3.63) is 78.2 Å². The standard InChI is InChI=1S/C30H35N5O4S/c1-21-16-27(39-3)17-22(2)30(21)40(37,38)33-25-5-4-24-10-15-35(28(24)18-25)20-29(36)32-19-23-8-13-34(14-9-23)26-6-11-31-12-7-26/h4-7,10-12,15-18,23,33H,8-9,13-14,19-20H2,1-3H3,(H,32,36). The minimum Gasteiger partial charge on any atom is -0.497 e. The van der Waals surface area contributed by atoms with Gasteiger partial charge >= 0.3 is 0 Å². The highest BCUT2D eigenvalue weighted by Crippen LogP contribution is 2.29. The van der Waals surface area contributed by atoms with Gasteiger partial charge in [-0.1, -0.05) is 6.07 Å². The number of anilines is 2. The predicted octanol–water partition coefficient (Wildman–Crippen LogP) is 4.50. The number of ether oxygens (including phenoxy) is 1. The second-order valence-corrected chi connectivity index (χ2v) is 12.0. The molecule has 1 amide bonds. The molecule has 0 aliphatic carbocycles. The van der Waals surface area contributed by atoms with Crippen LogP contribution in [-0.2, 0) is 21.4 Å². The number of hydrogen-bond donors (Lipinski definition) is 2. The molecule has 1 aliphatic heterocycles. The molecule has 9 nitrogen and oxygen atoms in total. The van der Waals surface area contributed by atoms with Crippen LogP contribution in [0.25, 0.3) is 10.9 Å². The average molecular weight is 562 g/mol. The van der Waals surface area contributed by atoms with E-state index in [4.69, 9.17) is 4.74 Å². The van der Waals surface area contributed by atoms with Gasteiger partial charge in [0.2, 0.25) is 5.91 Å². The summed E-state index contributed by atoms with van der Waals surface area (Å²) in [7, 11) is -2.28. The number of benzene rings is 2. The lowest BCUT2D eigenvalue weighted by molar-refractivity contribution is -0.121. The Morgan fingerprint density at radius 2 is 1.73 bits per heavy atom. The number of piperidine rings is 1. The van der Waals surface area contributed by atoms with Gasteiger partial charge in [-0.3, -0.25) is 14.5 Å². The summed E-state index contributed by atoms with van der Waals surface area (Å²) >= 11 is 0. The Balaban J connectivity index is 1.21. The third-order valence-electron chi connectivity index (χ3n) is 7.51. The van der Waals surface area contributed by atoms with Crippen molar-refractivity contribution in [2.24, 2.45) is 5.92 Å². The Morgan fingerprint density at radius 3 is 2.40 bits per heavy atom. The number of sulfonamides is 1. The molecule has 1 aliphatic rings. The fourth-order valence-electron chi connectivity index (χ4n) is 5.46. The molecule has 1 saturated heterocycles. The molecule has 0 spiro atoms. The second-order valence-electron chi connectivity index (χ2n) is 10.4. The molecule has 3 heterocycles. The minimum absolute atomic E-state index is 0.0653. The summed E-state index contributed by atoms with van der Waals surface area (Å²) in [4.78, 5) is 19.5. The van der Waals surface area contributed by atoms with Crippen molar-refractivity contribution in [3.63, 3.8) is 0 Å². The Morgan fingerprint density at radius 1 is 1.02 bits per heavy atom. The molecule has 5 rings (SSSR count). The van der Waals surface area contributed by atoms with E-state index in [0.29, 0.717) is 35.0 Å². The number of carbonyl (C=O) groups is 1. The van der Waals surface area contributed by atoms with Crippen molar-refractivity contribution >= 4 is 38.2 Å². The van der Waals surface area contributed by atoms with Crippen LogP contribution in [-0.4, -0.2) is 50.6 Å². The highest BCUT2D eigenvalue weighted by atomic mass is 32.2. The van der Waals surface area contributed by atoms with Gasteiger partial charge in [0.05, 0.1) is 23.2 Å². The maximum atomic E-state index is 13.3. The van der Waals surface area contributed by atoms with Gasteiger partial charge in [-0.05, 0) is 91.6 Å². The molecule has 2 aromatic heterocycles. The Labute approximate surface area is 235 Å². The third-order valence-corrected chi connectivity index (χ3v) is 9.19. The quantitative estimate of drug-likeness (QED) is 0.312. The largest absolute Gasteiger partial charge is 0.497 e. The molecule has 0 bridgehead atoms. The Hall–Kier alpha value is -4.05. The van der Waals surface area contributed by atoms with E-state index in [-0.39, 0.29) is 17.3 Å². The Bertz CT molecular complexity index is 1590. The van der Waals surface area contributed by atoms with Gasteiger partial charge in [-0.15, -0.1) is 0 Å². The van der Waals surface area contributed by atoms with E-state index >= 15 is 0 Å². The van der Waals surface area contributed by atoms with E-state index in [1.165, 1.54) is 5.69 Å². The lowest BCUT2D eigenvalue weighted by atomic mass is 9.96. The number of nitrogens with zero attached hydrogens (tertiary/aromatic N) is 3. The highest BCUT2D eigenvalue weighted by molar-refractivity contribution is 7.92. The number of pyridine rings is 1. The summed E-state index contributed by atoms with van der Waals surface area (Å²) in [5, 5.41) is 4.02. The number of nitrogens with one attached hydrogen (secondary N) is 2. The van der Waals surface area contributed by atoms with Crippen LogP contribution in [0.3, 0.4) is 0 Å². The predicted molar refractivity (Wildman–Crippen MR) is 157 cm³/mol. The van der Waals surface area contributed by atoms with Gasteiger partial charge < -0.3 is 19.5 Å². The first kappa shape index (κ1) is 27.5. The normalized spacial score (nSPS) is 14.3. The number of aromatic nitrogens is 2. The zero-order chi connectivity index (χ0) is 28.3. The molecule has 0 saturated carbocycles. The van der Waals surface area contributed by atoms with Crippen LogP contribution in [0, 0.1) is 19.8 Å². The number of aryl methyl sites for hydroxylation is 2. The monoisotopic (exact) mass is 561 g/mol. The molecule has 0 unspecified atom stereocenters. The molecule has 2 N–H and O–H groups in total. The van der Waals surface area contributed by atoms with E-state index in [0.717, 1.165) is 36.8 Å². The SMILES string of the molecule is COc1cc(C)c(S(=O)(=O)Nc2ccc3ccn(CC(=O)NCC4CCN(c5ccncc5)CC4)c3c2)c(C)c1. The van der Waals surface area contributed by atoms with Crippen molar-refractivity contribution in [1.29, 1.82) is 0 Å². The Kier molecular flexibility index (Phi) is 7.97. The first-order chi connectivity index (χ1) is 19.2. The van der Waals surface area contributed by atoms with Crippen LogP contribution in [0.4, 0.5) is 11.4 Å². The van der Waals surface area contributed by atoms with E-state index in [9.17, 15) is 13.2 Å². The molecule has 1 fully saturated rings. The number of methoxy groups -OCH3 is 1. The first-order valence-corrected chi connectivity index (χ1v) is 14.9. The fraction of sp³-hybridized carbons (Fsp3) is 0.333. The fourth-order valence-corrected chi connectivity index (χ4v) is 6.97. The van der Waals surface area contributed by atoms with Crippen LogP contribution < -0.4 is 19.7 Å². The lowest BCUT2D eigenvalue weighted by Gasteiger charge is -2.33. The molecule has 0 radical (unpaired) electrons. The van der Waals surface area contributed by atoms with Crippen LogP contribution in [0.1, 0.15) is 24.0 Å². The summed E-state index contributed by atoms with van der Waals surface area (Å²) in [6.07, 6.45) is 7.52. The number of rotatable bonds is 9. The summed E-state index contributed by atoms with van der Waals surface area (Å²) in [5.74, 6) is 0.987. The van der Waals surface area contributed by atoms with Crippen molar-refractivity contribution < 1.29 is 17.9 Å². The molecule has 2 aromatic carbocycles. The topological polar surface area (TPSA) is 106 Å². The smallest absolute Gasteiger partial charge is 0.262 e. The van der Waals surface area contributed by atoms with Gasteiger partial charge in [0.25, 0.3) is 10.0 Å². The van der Waals surface area contributed by atoms with E-state index in [1.807, 2.05) is 47.4 Å². The molecule has 210 valence electrons. The van der Waals surface area contributed by atoms with Crippen LogP contribution in [0.5, 0.6) is 5.75 Å². The van der Waals surface area contributed by atoms with E-state index in [1.54, 1.807) is 45.2 Å². The van der Waals surface area contributed by atoms with Crippen LogP contribution in [0.2, 0.25) is 0 Å². The second kappa shape index (κ2) is 11.6. The summed E-state index contributed by atoms with van der Waals surface area (Å²) in [5.41, 5.74) is 3.61. The number of amides is 1. The highest BCUT2D eigenvalue weighted by Gasteiger charge is 2.22. The van der Waals surface area contributed by atoms with Gasteiger partial charge in [-0.2, -0.15) is 0 Å². The van der Waals surface area contributed by atoms with Gasteiger partial charge in [0.15, 0.2) is 0 Å². The van der Waals surface area contributed by atoms with Gasteiger partial charge in [0.1, 0.15) is 12.3 Å². The van der Waals surface area contributed by atoms with E-state index < -0.39 is 10.0 Å². The van der Waals surface area contributed by atoms with Crippen molar-refractivity contribution in [3.8, 4) is 5.75 Å². The molecular formula is C30H35N5O4S. The van der Waals surface area contributed by atoms with Gasteiger partial charge in [-0.25, -0.2) is 8.42 Å². The maximum absolute atomic E-state index is 13.3. The summed E-state index contributed by atoms with van der Waals surface area (Å²) in [6.45, 7) is 6.23. The summed E-state index contributed by atoms with van der Waals surface area (Å²) in [6, 6.07) is 14.7. The molecule has 0 atom stereocenters. The zero-order valence-electron chi connectivity index (χ0n) is 23.1. The lowest BCUT2D eigenvalue weighted by Crippen LogP contribution is -2.39. The number of carbonyl (C=O) groups excluding carboxylic acids is 1. The van der Waals surface area contributed by atoms with Gasteiger partial charge in [0, 0.05) is 43.9 Å². The number of fused-ring (bicyclic) bond motifs is 1. The molecule has 40 heavy (non-hydrogen) atoms. The van der Waals surface area contributed by atoms with Crippen molar-refractivity contribution in [2.45, 2.75) is 38.1 Å². The van der Waals surface area contributed by atoms with E-state index in [2.05, 4.69) is 19.9 Å². The molecule has 10 heteroatoms. The van der Waals surface area contributed by atoms with Crippen LogP contribution in [0.15, 0.2) is 72.0 Å². The van der Waals surface area contributed by atoms with Crippen molar-refractivity contribution in [2.75, 3.05) is 36.4 Å². The number of hydrogen-bond acceptors (Lipinski definition) is 6. The third kappa shape index (κ3) is 6.07. The average Bonchev–Trinajstić information content (AvgIpc) is 3.33. The molecular weight excluding hydrogens is 526 g/mol. The maximum Gasteiger partial charge on any atom is 0.262 e.